The molecule has 6 nitrogen and oxygen atoms in total. The average molecular weight is 360 g/mol. The monoisotopic (exact) mass is 360 g/mol. The summed E-state index contributed by atoms with van der Waals surface area (Å²) in [6, 6.07) is 9.71. The fraction of sp³-hybridized carbons (Fsp3) is 0.278. The van der Waals surface area contributed by atoms with Gasteiger partial charge in [-0.15, -0.1) is 0 Å². The molecule has 1 amide bonds. The quantitative estimate of drug-likeness (QED) is 0.831. The molecule has 0 bridgehead atoms. The van der Waals surface area contributed by atoms with Crippen LogP contribution < -0.4 is 5.32 Å². The van der Waals surface area contributed by atoms with Gasteiger partial charge in [0.1, 0.15) is 5.76 Å². The molecule has 0 spiro atoms. The number of sulfonamides is 1. The van der Waals surface area contributed by atoms with Crippen molar-refractivity contribution < 1.29 is 17.6 Å². The summed E-state index contributed by atoms with van der Waals surface area (Å²) in [5.74, 6) is 0.265. The van der Waals surface area contributed by atoms with Gasteiger partial charge in [-0.1, -0.05) is 6.42 Å². The second-order valence-corrected chi connectivity index (χ2v) is 7.77. The Morgan fingerprint density at radius 1 is 1.08 bits per heavy atom. The molecule has 7 heteroatoms. The second kappa shape index (κ2) is 7.67. The molecule has 0 saturated carbocycles. The van der Waals surface area contributed by atoms with Crippen LogP contribution in [0.25, 0.3) is 6.08 Å². The van der Waals surface area contributed by atoms with Crippen molar-refractivity contribution in [2.24, 2.45) is 0 Å². The van der Waals surface area contributed by atoms with Crippen molar-refractivity contribution >= 4 is 27.7 Å². The normalized spacial score (nSPS) is 16.2. The van der Waals surface area contributed by atoms with Crippen molar-refractivity contribution in [3.05, 3.63) is 54.5 Å². The van der Waals surface area contributed by atoms with Crippen LogP contribution in [-0.2, 0) is 14.8 Å². The van der Waals surface area contributed by atoms with E-state index in [4.69, 9.17) is 4.42 Å². The molecule has 1 aliphatic rings. The van der Waals surface area contributed by atoms with E-state index in [9.17, 15) is 13.2 Å². The van der Waals surface area contributed by atoms with E-state index < -0.39 is 10.0 Å². The summed E-state index contributed by atoms with van der Waals surface area (Å²) in [6.07, 6.45) is 7.31. The maximum atomic E-state index is 12.6. The minimum atomic E-state index is -3.45. The highest BCUT2D eigenvalue weighted by molar-refractivity contribution is 7.89. The maximum absolute atomic E-state index is 12.6. The Hall–Kier alpha value is -2.38. The summed E-state index contributed by atoms with van der Waals surface area (Å²) in [4.78, 5) is 12.1. The molecule has 3 rings (SSSR count). The molecular formula is C18H20N2O4S. The molecule has 1 aliphatic heterocycles. The lowest BCUT2D eigenvalue weighted by atomic mass is 10.2. The second-order valence-electron chi connectivity index (χ2n) is 5.83. The third kappa shape index (κ3) is 4.37. The molecule has 1 saturated heterocycles. The van der Waals surface area contributed by atoms with Crippen LogP contribution in [0, 0.1) is 0 Å². The highest BCUT2D eigenvalue weighted by atomic mass is 32.2. The van der Waals surface area contributed by atoms with Crippen molar-refractivity contribution in [1.29, 1.82) is 0 Å². The van der Waals surface area contributed by atoms with E-state index in [-0.39, 0.29) is 10.8 Å². The largest absolute Gasteiger partial charge is 0.465 e. The summed E-state index contributed by atoms with van der Waals surface area (Å²) in [5, 5.41) is 2.69. The van der Waals surface area contributed by atoms with Gasteiger partial charge in [0.2, 0.25) is 15.9 Å². The topological polar surface area (TPSA) is 79.6 Å². The number of hydrogen-bond donors (Lipinski definition) is 1. The summed E-state index contributed by atoms with van der Waals surface area (Å²) >= 11 is 0. The van der Waals surface area contributed by atoms with Gasteiger partial charge in [-0.05, 0) is 55.3 Å². The van der Waals surface area contributed by atoms with Crippen molar-refractivity contribution in [2.75, 3.05) is 18.4 Å². The van der Waals surface area contributed by atoms with E-state index in [1.165, 1.54) is 28.8 Å². The van der Waals surface area contributed by atoms with E-state index in [0.717, 1.165) is 19.3 Å². The standard InChI is InChI=1S/C18H20N2O4S/c21-18(11-8-16-5-4-14-24-16)19-15-6-9-17(10-7-15)25(22,23)20-12-2-1-3-13-20/h4-11,14H,1-3,12-13H2,(H,19,21). The first-order valence-corrected chi connectivity index (χ1v) is 9.62. The number of furan rings is 1. The first-order chi connectivity index (χ1) is 12.1. The summed E-state index contributed by atoms with van der Waals surface area (Å²) in [6.45, 7) is 1.14. The Bertz CT molecular complexity index is 834. The zero-order valence-electron chi connectivity index (χ0n) is 13.7. The van der Waals surface area contributed by atoms with Crippen molar-refractivity contribution in [2.45, 2.75) is 24.2 Å². The Balaban J connectivity index is 1.64. The highest BCUT2D eigenvalue weighted by Gasteiger charge is 2.25. The van der Waals surface area contributed by atoms with Crippen LogP contribution >= 0.6 is 0 Å². The van der Waals surface area contributed by atoms with Gasteiger partial charge in [-0.3, -0.25) is 4.79 Å². The molecule has 132 valence electrons. The first kappa shape index (κ1) is 17.4. The minimum absolute atomic E-state index is 0.249. The zero-order valence-corrected chi connectivity index (χ0v) is 14.5. The van der Waals surface area contributed by atoms with Gasteiger partial charge in [0.25, 0.3) is 0 Å². The van der Waals surface area contributed by atoms with Crippen molar-refractivity contribution in [3.63, 3.8) is 0 Å². The van der Waals surface area contributed by atoms with Gasteiger partial charge in [-0.2, -0.15) is 4.31 Å². The number of carbonyl (C=O) groups excluding carboxylic acids is 1. The molecule has 2 heterocycles. The highest BCUT2D eigenvalue weighted by Crippen LogP contribution is 2.22. The molecule has 0 aliphatic carbocycles. The first-order valence-electron chi connectivity index (χ1n) is 8.18. The summed E-state index contributed by atoms with van der Waals surface area (Å²) in [5.41, 5.74) is 0.534. The Kier molecular flexibility index (Phi) is 5.35. The molecule has 1 aromatic heterocycles. The number of nitrogens with one attached hydrogen (secondary N) is 1. The van der Waals surface area contributed by atoms with Crippen LogP contribution in [0.5, 0.6) is 0 Å². The fourth-order valence-electron chi connectivity index (χ4n) is 2.69. The molecule has 0 unspecified atom stereocenters. The molecule has 1 fully saturated rings. The van der Waals surface area contributed by atoms with Gasteiger partial charge in [0.15, 0.2) is 0 Å². The van der Waals surface area contributed by atoms with Gasteiger partial charge in [0.05, 0.1) is 11.2 Å². The maximum Gasteiger partial charge on any atom is 0.248 e. The van der Waals surface area contributed by atoms with E-state index in [1.807, 2.05) is 0 Å². The molecule has 1 N–H and O–H groups in total. The molecule has 0 atom stereocenters. The Morgan fingerprint density at radius 3 is 2.44 bits per heavy atom. The lowest BCUT2D eigenvalue weighted by Crippen LogP contribution is -2.35. The van der Waals surface area contributed by atoms with Gasteiger partial charge in [0, 0.05) is 24.9 Å². The number of rotatable bonds is 5. The summed E-state index contributed by atoms with van der Waals surface area (Å²) < 4.78 is 31.8. The lowest BCUT2D eigenvalue weighted by Gasteiger charge is -2.25. The van der Waals surface area contributed by atoms with Gasteiger partial charge >= 0.3 is 0 Å². The predicted octanol–water partition coefficient (Wildman–Crippen LogP) is 3.11. The third-order valence-electron chi connectivity index (χ3n) is 4.02. The minimum Gasteiger partial charge on any atom is -0.465 e. The SMILES string of the molecule is O=C(C=Cc1ccco1)Nc1ccc(S(=O)(=O)N2CCCCC2)cc1. The number of benzene rings is 1. The predicted molar refractivity (Wildman–Crippen MR) is 95.4 cm³/mol. The van der Waals surface area contributed by atoms with Crippen molar-refractivity contribution in [1.82, 2.24) is 4.31 Å². The van der Waals surface area contributed by atoms with Crippen LogP contribution in [0.1, 0.15) is 25.0 Å². The molecular weight excluding hydrogens is 340 g/mol. The van der Waals surface area contributed by atoms with E-state index in [0.29, 0.717) is 24.5 Å². The number of nitrogens with zero attached hydrogens (tertiary/aromatic N) is 1. The summed E-state index contributed by atoms with van der Waals surface area (Å²) in [7, 11) is -3.45. The van der Waals surface area contributed by atoms with Crippen LogP contribution in [0.3, 0.4) is 0 Å². The number of amides is 1. The third-order valence-corrected chi connectivity index (χ3v) is 5.93. The molecule has 25 heavy (non-hydrogen) atoms. The lowest BCUT2D eigenvalue weighted by molar-refractivity contribution is -0.111. The van der Waals surface area contributed by atoms with Crippen LogP contribution in [0.4, 0.5) is 5.69 Å². The fourth-order valence-corrected chi connectivity index (χ4v) is 4.21. The van der Waals surface area contributed by atoms with Crippen LogP contribution in [0.2, 0.25) is 0 Å². The van der Waals surface area contributed by atoms with Crippen LogP contribution in [-0.4, -0.2) is 31.7 Å². The van der Waals surface area contributed by atoms with Crippen molar-refractivity contribution in [3.8, 4) is 0 Å². The molecule has 1 aromatic carbocycles. The average Bonchev–Trinajstić information content (AvgIpc) is 3.15. The zero-order chi connectivity index (χ0) is 17.7. The number of carbonyl (C=O) groups is 1. The molecule has 2 aromatic rings. The molecule has 0 radical (unpaired) electrons. The smallest absolute Gasteiger partial charge is 0.248 e. The van der Waals surface area contributed by atoms with Gasteiger partial charge in [-0.25, -0.2) is 8.42 Å². The van der Waals surface area contributed by atoms with E-state index >= 15 is 0 Å². The number of piperidine rings is 1. The van der Waals surface area contributed by atoms with E-state index in [1.54, 1.807) is 30.3 Å². The Morgan fingerprint density at radius 2 is 1.80 bits per heavy atom. The number of anilines is 1. The van der Waals surface area contributed by atoms with E-state index in [2.05, 4.69) is 5.32 Å². The Labute approximate surface area is 147 Å². The van der Waals surface area contributed by atoms with Crippen LogP contribution in [0.15, 0.2) is 58.1 Å². The van der Waals surface area contributed by atoms with Gasteiger partial charge < -0.3 is 9.73 Å². The number of hydrogen-bond acceptors (Lipinski definition) is 4.